The molecule has 1 aromatic rings. The van der Waals surface area contributed by atoms with Crippen molar-refractivity contribution in [1.29, 1.82) is 0 Å². The maximum atomic E-state index is 5.78. The summed E-state index contributed by atoms with van der Waals surface area (Å²) in [5, 5.41) is 0.693. The number of pyridine rings is 1. The second-order valence-electron chi connectivity index (χ2n) is 3.70. The summed E-state index contributed by atoms with van der Waals surface area (Å²) in [7, 11) is 0. The number of halogens is 1. The molecule has 0 aliphatic carbocycles. The predicted octanol–water partition coefficient (Wildman–Crippen LogP) is 1.70. The van der Waals surface area contributed by atoms with Gasteiger partial charge in [0, 0.05) is 38.9 Å². The minimum Gasteiger partial charge on any atom is -0.295 e. The molecule has 0 spiro atoms. The van der Waals surface area contributed by atoms with Crippen LogP contribution in [0.1, 0.15) is 5.69 Å². The number of rotatable bonds is 2. The van der Waals surface area contributed by atoms with E-state index in [9.17, 15) is 0 Å². The van der Waals surface area contributed by atoms with Crippen molar-refractivity contribution in [3.8, 4) is 0 Å². The molecule has 1 aliphatic heterocycles. The Balaban J connectivity index is 1.89. The fourth-order valence-corrected chi connectivity index (χ4v) is 1.92. The van der Waals surface area contributed by atoms with Crippen LogP contribution in [0.3, 0.4) is 0 Å². The largest absolute Gasteiger partial charge is 0.295 e. The molecule has 0 amide bonds. The third-order valence-electron chi connectivity index (χ3n) is 2.52. The number of aromatic nitrogens is 1. The van der Waals surface area contributed by atoms with E-state index in [1.165, 1.54) is 0 Å². The van der Waals surface area contributed by atoms with Gasteiger partial charge in [-0.1, -0.05) is 24.4 Å². The SMILES string of the molecule is SN1CCN(Cc2ccc(Cl)cn2)CC1. The summed E-state index contributed by atoms with van der Waals surface area (Å²) in [4.78, 5) is 6.66. The molecule has 5 heteroatoms. The number of piperazine rings is 1. The normalized spacial score (nSPS) is 19.3. The molecule has 0 N–H and O–H groups in total. The van der Waals surface area contributed by atoms with Gasteiger partial charge >= 0.3 is 0 Å². The van der Waals surface area contributed by atoms with Crippen LogP contribution in [0.5, 0.6) is 0 Å². The Morgan fingerprint density at radius 2 is 2.00 bits per heavy atom. The van der Waals surface area contributed by atoms with Crippen LogP contribution in [0.2, 0.25) is 5.02 Å². The molecule has 1 saturated heterocycles. The summed E-state index contributed by atoms with van der Waals surface area (Å²) >= 11 is 10.1. The van der Waals surface area contributed by atoms with Crippen molar-refractivity contribution in [1.82, 2.24) is 14.2 Å². The second kappa shape index (κ2) is 5.16. The summed E-state index contributed by atoms with van der Waals surface area (Å²) in [6.45, 7) is 5.02. The van der Waals surface area contributed by atoms with Crippen LogP contribution in [0.15, 0.2) is 18.3 Å². The summed E-state index contributed by atoms with van der Waals surface area (Å²) in [5.41, 5.74) is 1.08. The Bertz CT molecular complexity index is 309. The first-order valence-electron chi connectivity index (χ1n) is 5.00. The third kappa shape index (κ3) is 3.34. The van der Waals surface area contributed by atoms with E-state index in [1.807, 2.05) is 16.4 Å². The van der Waals surface area contributed by atoms with E-state index >= 15 is 0 Å². The van der Waals surface area contributed by atoms with E-state index in [2.05, 4.69) is 22.7 Å². The highest BCUT2D eigenvalue weighted by Gasteiger charge is 2.14. The highest BCUT2D eigenvalue weighted by atomic mass is 35.5. The highest BCUT2D eigenvalue weighted by Crippen LogP contribution is 2.10. The predicted molar refractivity (Wildman–Crippen MR) is 65.1 cm³/mol. The average Bonchev–Trinajstić information content (AvgIpc) is 2.25. The zero-order valence-corrected chi connectivity index (χ0v) is 10.1. The summed E-state index contributed by atoms with van der Waals surface area (Å²) < 4.78 is 2.05. The lowest BCUT2D eigenvalue weighted by atomic mass is 10.3. The Morgan fingerprint density at radius 3 is 2.60 bits per heavy atom. The maximum Gasteiger partial charge on any atom is 0.0589 e. The van der Waals surface area contributed by atoms with Crippen LogP contribution < -0.4 is 0 Å². The van der Waals surface area contributed by atoms with Gasteiger partial charge in [-0.3, -0.25) is 14.2 Å². The number of thiol groups is 1. The molecule has 1 fully saturated rings. The quantitative estimate of drug-likeness (QED) is 0.799. The van der Waals surface area contributed by atoms with Crippen molar-refractivity contribution in [3.63, 3.8) is 0 Å². The molecule has 0 aromatic carbocycles. The molecule has 2 heterocycles. The van der Waals surface area contributed by atoms with Gasteiger partial charge < -0.3 is 0 Å². The van der Waals surface area contributed by atoms with Crippen LogP contribution in [-0.4, -0.2) is 40.4 Å². The molecule has 3 nitrogen and oxygen atoms in total. The molecule has 0 saturated carbocycles. The van der Waals surface area contributed by atoms with Gasteiger partial charge in [0.05, 0.1) is 10.7 Å². The first-order valence-corrected chi connectivity index (χ1v) is 5.78. The molecule has 0 unspecified atom stereocenters. The first kappa shape index (κ1) is 11.2. The van der Waals surface area contributed by atoms with Gasteiger partial charge in [-0.25, -0.2) is 0 Å². The minimum atomic E-state index is 0.693. The standard InChI is InChI=1S/C10H14ClN3S/c11-9-1-2-10(12-7-9)8-13-3-5-14(15)6-4-13/h1-2,7,15H,3-6,8H2. The lowest BCUT2D eigenvalue weighted by molar-refractivity contribution is 0.189. The van der Waals surface area contributed by atoms with Gasteiger partial charge in [0.2, 0.25) is 0 Å². The maximum absolute atomic E-state index is 5.78. The van der Waals surface area contributed by atoms with Crippen LogP contribution in [0, 0.1) is 0 Å². The van der Waals surface area contributed by atoms with Crippen molar-refractivity contribution in [2.45, 2.75) is 6.54 Å². The van der Waals surface area contributed by atoms with Gasteiger partial charge in [-0.2, -0.15) is 0 Å². The molecule has 2 rings (SSSR count). The van der Waals surface area contributed by atoms with Crippen molar-refractivity contribution < 1.29 is 0 Å². The van der Waals surface area contributed by atoms with Gasteiger partial charge in [0.15, 0.2) is 0 Å². The molecular formula is C10H14ClN3S. The van der Waals surface area contributed by atoms with Gasteiger partial charge in [-0.05, 0) is 12.1 Å². The molecular weight excluding hydrogens is 230 g/mol. The summed E-state index contributed by atoms with van der Waals surface area (Å²) in [6, 6.07) is 3.87. The molecule has 1 aliphatic rings. The third-order valence-corrected chi connectivity index (χ3v) is 3.15. The van der Waals surface area contributed by atoms with E-state index in [1.54, 1.807) is 6.20 Å². The van der Waals surface area contributed by atoms with Crippen LogP contribution >= 0.6 is 24.4 Å². The minimum absolute atomic E-state index is 0.693. The molecule has 82 valence electrons. The van der Waals surface area contributed by atoms with Crippen LogP contribution in [0.4, 0.5) is 0 Å². The topological polar surface area (TPSA) is 19.4 Å². The zero-order valence-electron chi connectivity index (χ0n) is 8.43. The zero-order chi connectivity index (χ0) is 10.7. The fraction of sp³-hybridized carbons (Fsp3) is 0.500. The van der Waals surface area contributed by atoms with Gasteiger partial charge in [0.25, 0.3) is 0 Å². The van der Waals surface area contributed by atoms with Crippen LogP contribution in [0.25, 0.3) is 0 Å². The number of nitrogens with zero attached hydrogens (tertiary/aromatic N) is 3. The van der Waals surface area contributed by atoms with E-state index in [0.717, 1.165) is 38.4 Å². The molecule has 1 aromatic heterocycles. The Labute approximate surface area is 101 Å². The molecule has 0 atom stereocenters. The van der Waals surface area contributed by atoms with Crippen molar-refractivity contribution in [3.05, 3.63) is 29.0 Å². The van der Waals surface area contributed by atoms with Crippen molar-refractivity contribution in [2.24, 2.45) is 0 Å². The molecule has 15 heavy (non-hydrogen) atoms. The fourth-order valence-electron chi connectivity index (χ4n) is 1.62. The summed E-state index contributed by atoms with van der Waals surface area (Å²) in [5.74, 6) is 0. The Morgan fingerprint density at radius 1 is 1.27 bits per heavy atom. The second-order valence-corrected chi connectivity index (χ2v) is 4.70. The van der Waals surface area contributed by atoms with E-state index in [0.29, 0.717) is 5.02 Å². The Hall–Kier alpha value is -0.290. The van der Waals surface area contributed by atoms with E-state index in [-0.39, 0.29) is 0 Å². The number of hydrogen-bond donors (Lipinski definition) is 1. The molecule has 0 radical (unpaired) electrons. The van der Waals surface area contributed by atoms with Crippen molar-refractivity contribution in [2.75, 3.05) is 26.2 Å². The van der Waals surface area contributed by atoms with Crippen LogP contribution in [-0.2, 0) is 6.54 Å². The monoisotopic (exact) mass is 243 g/mol. The van der Waals surface area contributed by atoms with E-state index in [4.69, 9.17) is 11.6 Å². The van der Waals surface area contributed by atoms with Crippen molar-refractivity contribution >= 4 is 24.4 Å². The smallest absolute Gasteiger partial charge is 0.0589 e. The Kier molecular flexibility index (Phi) is 3.86. The first-order chi connectivity index (χ1) is 7.24. The lowest BCUT2D eigenvalue weighted by Crippen LogP contribution is -2.41. The summed E-state index contributed by atoms with van der Waals surface area (Å²) in [6.07, 6.45) is 1.70. The van der Waals surface area contributed by atoms with E-state index < -0.39 is 0 Å². The van der Waals surface area contributed by atoms with Gasteiger partial charge in [-0.15, -0.1) is 0 Å². The lowest BCUT2D eigenvalue weighted by Gasteiger charge is -2.31. The molecule has 0 bridgehead atoms. The average molecular weight is 244 g/mol. The number of hydrogen-bond acceptors (Lipinski definition) is 4. The highest BCUT2D eigenvalue weighted by molar-refractivity contribution is 7.77. The van der Waals surface area contributed by atoms with Gasteiger partial charge in [0.1, 0.15) is 0 Å².